The fourth-order valence-corrected chi connectivity index (χ4v) is 5.96. The van der Waals surface area contributed by atoms with E-state index < -0.39 is 0 Å². The zero-order valence-corrected chi connectivity index (χ0v) is 23.9. The number of aliphatic hydroxyl groups is 1. The van der Waals surface area contributed by atoms with Gasteiger partial charge in [0, 0.05) is 44.6 Å². The first-order valence-corrected chi connectivity index (χ1v) is 14.9. The smallest absolute Gasteiger partial charge is 0.0892 e. The van der Waals surface area contributed by atoms with Gasteiger partial charge >= 0.3 is 0 Å². The first-order valence-electron chi connectivity index (χ1n) is 14.2. The van der Waals surface area contributed by atoms with Crippen molar-refractivity contribution in [3.8, 4) is 0 Å². The molecule has 0 bridgehead atoms. The second-order valence-electron chi connectivity index (χ2n) is 10.8. The van der Waals surface area contributed by atoms with E-state index in [4.69, 9.17) is 4.74 Å². The quantitative estimate of drug-likeness (QED) is 0.179. The highest BCUT2D eigenvalue weighted by molar-refractivity contribution is 7.80. The number of benzene rings is 4. The van der Waals surface area contributed by atoms with E-state index >= 15 is 0 Å². The van der Waals surface area contributed by atoms with Crippen molar-refractivity contribution in [2.75, 3.05) is 45.3 Å². The molecule has 0 atom stereocenters. The van der Waals surface area contributed by atoms with Crippen LogP contribution < -0.4 is 0 Å². The SMILES string of the molecule is OCC1CN(C(c2ccccc2)c2ccccc2)C1.SCOCC1CN(C(c2ccccc2)c2ccccc2)C1. The van der Waals surface area contributed by atoms with E-state index in [1.807, 2.05) is 0 Å². The molecule has 0 amide bonds. The molecular weight excluding hydrogens is 512 g/mol. The second-order valence-corrected chi connectivity index (χ2v) is 11.0. The molecule has 0 unspecified atom stereocenters. The van der Waals surface area contributed by atoms with E-state index in [2.05, 4.69) is 144 Å². The minimum Gasteiger partial charge on any atom is -0.396 e. The lowest BCUT2D eigenvalue weighted by molar-refractivity contribution is 0.0120. The molecule has 0 aromatic heterocycles. The predicted molar refractivity (Wildman–Crippen MR) is 166 cm³/mol. The van der Waals surface area contributed by atoms with Gasteiger partial charge in [-0.3, -0.25) is 9.80 Å². The summed E-state index contributed by atoms with van der Waals surface area (Å²) >= 11 is 4.10. The van der Waals surface area contributed by atoms with Gasteiger partial charge in [-0.1, -0.05) is 121 Å². The minimum atomic E-state index is 0.298. The standard InChI is InChI=1S/C18H21NOS.C17H19NO/c21-14-20-13-15-11-19(12-15)18(16-7-3-1-4-8-16)17-9-5-2-6-10-17;19-13-14-11-18(12-14)17(15-7-3-1-4-8-15)16-9-5-2-6-10-16/h1-10,15,18,21H,11-14H2;1-10,14,17,19H,11-13H2. The van der Waals surface area contributed by atoms with Crippen LogP contribution in [0.15, 0.2) is 121 Å². The Morgan fingerprint density at radius 3 is 1.20 bits per heavy atom. The third-order valence-corrected chi connectivity index (χ3v) is 8.05. The van der Waals surface area contributed by atoms with Crippen LogP contribution in [0.5, 0.6) is 0 Å². The number of ether oxygens (including phenoxy) is 1. The van der Waals surface area contributed by atoms with E-state index in [0.717, 1.165) is 32.8 Å². The second kappa shape index (κ2) is 14.6. The molecule has 6 rings (SSSR count). The van der Waals surface area contributed by atoms with Gasteiger partial charge in [0.05, 0.1) is 24.6 Å². The Morgan fingerprint density at radius 1 is 0.575 bits per heavy atom. The molecule has 1 N–H and O–H groups in total. The minimum absolute atomic E-state index is 0.298. The van der Waals surface area contributed by atoms with Crippen LogP contribution in [0.1, 0.15) is 34.3 Å². The van der Waals surface area contributed by atoms with Gasteiger partial charge < -0.3 is 9.84 Å². The Labute approximate surface area is 244 Å². The molecule has 4 aromatic carbocycles. The molecule has 2 heterocycles. The first kappa shape index (κ1) is 28.6. The van der Waals surface area contributed by atoms with Gasteiger partial charge in [-0.2, -0.15) is 12.6 Å². The van der Waals surface area contributed by atoms with E-state index in [1.54, 1.807) is 0 Å². The molecule has 0 aliphatic carbocycles. The Hall–Kier alpha value is -2.93. The lowest BCUT2D eigenvalue weighted by Crippen LogP contribution is -2.50. The topological polar surface area (TPSA) is 35.9 Å². The summed E-state index contributed by atoms with van der Waals surface area (Å²) in [6.45, 7) is 5.24. The predicted octanol–water partition coefficient (Wildman–Crippen LogP) is 6.31. The lowest BCUT2D eigenvalue weighted by atomic mass is 9.90. The van der Waals surface area contributed by atoms with E-state index in [9.17, 15) is 5.11 Å². The summed E-state index contributed by atoms with van der Waals surface area (Å²) in [4.78, 5) is 4.96. The van der Waals surface area contributed by atoms with Gasteiger partial charge in [-0.15, -0.1) is 0 Å². The summed E-state index contributed by atoms with van der Waals surface area (Å²) in [7, 11) is 0. The van der Waals surface area contributed by atoms with Gasteiger partial charge in [0.1, 0.15) is 0 Å². The van der Waals surface area contributed by atoms with Gasteiger partial charge in [0.15, 0.2) is 0 Å². The van der Waals surface area contributed by atoms with Crippen molar-refractivity contribution in [2.45, 2.75) is 12.1 Å². The third-order valence-electron chi connectivity index (χ3n) is 7.87. The number of rotatable bonds is 10. The van der Waals surface area contributed by atoms with Crippen molar-refractivity contribution in [1.29, 1.82) is 0 Å². The molecule has 0 radical (unpaired) electrons. The zero-order chi connectivity index (χ0) is 27.6. The summed E-state index contributed by atoms with van der Waals surface area (Å²) in [5, 5.41) is 9.20. The number of hydrogen-bond acceptors (Lipinski definition) is 5. The fourth-order valence-electron chi connectivity index (χ4n) is 5.85. The van der Waals surface area contributed by atoms with Crippen molar-refractivity contribution in [1.82, 2.24) is 9.80 Å². The Kier molecular flexibility index (Phi) is 10.5. The molecular formula is C35H40N2O2S. The van der Waals surface area contributed by atoms with Crippen LogP contribution in [-0.2, 0) is 4.74 Å². The summed E-state index contributed by atoms with van der Waals surface area (Å²) in [6, 6.07) is 43.4. The Balaban J connectivity index is 0.000000162. The van der Waals surface area contributed by atoms with Crippen LogP contribution in [0.2, 0.25) is 0 Å². The van der Waals surface area contributed by atoms with Crippen molar-refractivity contribution in [3.63, 3.8) is 0 Å². The maximum absolute atomic E-state index is 9.20. The molecule has 208 valence electrons. The van der Waals surface area contributed by atoms with Crippen LogP contribution in [0, 0.1) is 11.8 Å². The van der Waals surface area contributed by atoms with Crippen LogP contribution in [0.25, 0.3) is 0 Å². The number of thiol groups is 1. The van der Waals surface area contributed by atoms with Gasteiger partial charge in [-0.05, 0) is 22.3 Å². The Morgan fingerprint density at radius 2 is 0.900 bits per heavy atom. The highest BCUT2D eigenvalue weighted by atomic mass is 32.1. The summed E-state index contributed by atoms with van der Waals surface area (Å²) in [5.74, 6) is 1.58. The van der Waals surface area contributed by atoms with Gasteiger partial charge in [0.25, 0.3) is 0 Å². The van der Waals surface area contributed by atoms with Gasteiger partial charge in [-0.25, -0.2) is 0 Å². The number of likely N-dealkylation sites (tertiary alicyclic amines) is 2. The van der Waals surface area contributed by atoms with Crippen LogP contribution >= 0.6 is 12.6 Å². The molecule has 2 fully saturated rings. The molecule has 2 saturated heterocycles. The monoisotopic (exact) mass is 552 g/mol. The fraction of sp³-hybridized carbons (Fsp3) is 0.314. The molecule has 0 saturated carbocycles. The number of nitrogens with zero attached hydrogens (tertiary/aromatic N) is 2. The zero-order valence-electron chi connectivity index (χ0n) is 23.0. The van der Waals surface area contributed by atoms with Crippen molar-refractivity contribution < 1.29 is 9.84 Å². The largest absolute Gasteiger partial charge is 0.396 e. The normalized spacial score (nSPS) is 16.3. The van der Waals surface area contributed by atoms with E-state index in [-0.39, 0.29) is 0 Å². The van der Waals surface area contributed by atoms with E-state index in [0.29, 0.717) is 36.5 Å². The number of hydrogen-bond donors (Lipinski definition) is 2. The molecule has 2 aliphatic heterocycles. The maximum atomic E-state index is 9.20. The molecule has 4 aromatic rings. The highest BCUT2D eigenvalue weighted by Crippen LogP contribution is 2.35. The van der Waals surface area contributed by atoms with Crippen molar-refractivity contribution in [2.24, 2.45) is 11.8 Å². The van der Waals surface area contributed by atoms with Crippen LogP contribution in [-0.4, -0.2) is 60.2 Å². The molecule has 40 heavy (non-hydrogen) atoms. The van der Waals surface area contributed by atoms with Gasteiger partial charge in [0.2, 0.25) is 0 Å². The van der Waals surface area contributed by atoms with Crippen molar-refractivity contribution in [3.05, 3.63) is 144 Å². The average Bonchev–Trinajstić information content (AvgIpc) is 2.98. The number of aliphatic hydroxyl groups excluding tert-OH is 1. The van der Waals surface area contributed by atoms with Crippen LogP contribution in [0.4, 0.5) is 0 Å². The summed E-state index contributed by atoms with van der Waals surface area (Å²) in [6.07, 6.45) is 0. The molecule has 0 spiro atoms. The maximum Gasteiger partial charge on any atom is 0.0892 e. The highest BCUT2D eigenvalue weighted by Gasteiger charge is 2.34. The summed E-state index contributed by atoms with van der Waals surface area (Å²) < 4.78 is 5.41. The first-order chi connectivity index (χ1) is 19.8. The average molecular weight is 553 g/mol. The third kappa shape index (κ3) is 7.22. The van der Waals surface area contributed by atoms with Crippen molar-refractivity contribution >= 4 is 12.6 Å². The summed E-state index contributed by atoms with van der Waals surface area (Å²) in [5.41, 5.74) is 5.37. The lowest BCUT2D eigenvalue weighted by Gasteiger charge is -2.44. The molecule has 2 aliphatic rings. The van der Waals surface area contributed by atoms with E-state index in [1.165, 1.54) is 22.3 Å². The molecule has 5 heteroatoms. The Bertz CT molecular complexity index is 1170. The molecule has 4 nitrogen and oxygen atoms in total. The van der Waals surface area contributed by atoms with Crippen LogP contribution in [0.3, 0.4) is 0 Å².